The molecular formula is C11H18O9. The van der Waals surface area contributed by atoms with Gasteiger partial charge in [0.05, 0.1) is 7.11 Å². The van der Waals surface area contributed by atoms with Crippen LogP contribution in [0.2, 0.25) is 0 Å². The van der Waals surface area contributed by atoms with Gasteiger partial charge in [-0.1, -0.05) is 0 Å². The van der Waals surface area contributed by atoms with Gasteiger partial charge in [0.2, 0.25) is 0 Å². The zero-order valence-electron chi connectivity index (χ0n) is 11.9. The van der Waals surface area contributed by atoms with Crippen LogP contribution in [-0.2, 0) is 38.0 Å². The van der Waals surface area contributed by atoms with Gasteiger partial charge in [-0.15, -0.1) is 0 Å². The van der Waals surface area contributed by atoms with Crippen LogP contribution in [0.3, 0.4) is 0 Å². The second-order valence-corrected chi connectivity index (χ2v) is 3.91. The Morgan fingerprint density at radius 1 is 1.20 bits per heavy atom. The van der Waals surface area contributed by atoms with Gasteiger partial charge < -0.3 is 33.5 Å². The molecule has 0 aromatic heterocycles. The number of methoxy groups -OCH3 is 5. The van der Waals surface area contributed by atoms with E-state index in [4.69, 9.17) is 23.7 Å². The summed E-state index contributed by atoms with van der Waals surface area (Å²) >= 11 is 0. The van der Waals surface area contributed by atoms with Crippen molar-refractivity contribution in [1.82, 2.24) is 0 Å². The van der Waals surface area contributed by atoms with Gasteiger partial charge in [0.1, 0.15) is 0 Å². The molecule has 1 saturated heterocycles. The number of hydrogen-bond acceptors (Lipinski definition) is 9. The average Bonchev–Trinajstić information content (AvgIpc) is 2.73. The highest BCUT2D eigenvalue weighted by atomic mass is 16.8. The maximum absolute atomic E-state index is 11.9. The van der Waals surface area contributed by atoms with Crippen molar-refractivity contribution in [2.24, 2.45) is 0 Å². The van der Waals surface area contributed by atoms with E-state index in [9.17, 15) is 14.7 Å². The van der Waals surface area contributed by atoms with E-state index in [-0.39, 0.29) is 0 Å². The summed E-state index contributed by atoms with van der Waals surface area (Å²) in [6.45, 7) is 0. The molecule has 1 aliphatic heterocycles. The fourth-order valence-electron chi connectivity index (χ4n) is 2.10. The molecule has 0 spiro atoms. The molecule has 0 aromatic rings. The Bertz CT molecular complexity index is 372. The fourth-order valence-corrected chi connectivity index (χ4v) is 2.10. The molecule has 2 atom stereocenters. The third kappa shape index (κ3) is 2.07. The minimum Gasteiger partial charge on any atom is -0.465 e. The Hall–Kier alpha value is -1.26. The van der Waals surface area contributed by atoms with Crippen molar-refractivity contribution >= 4 is 11.9 Å². The van der Waals surface area contributed by atoms with E-state index >= 15 is 0 Å². The number of cyclic esters (lactones) is 1. The number of carbonyl (C=O) groups excluding carboxylic acids is 2. The van der Waals surface area contributed by atoms with E-state index in [0.717, 1.165) is 35.5 Å². The minimum atomic E-state index is -2.14. The SMILES string of the molecule is COC(=O)C(OC)(OC)[C@H]1OC(=O)C(OC)(OC)[C@@H]1O. The molecule has 1 fully saturated rings. The van der Waals surface area contributed by atoms with Gasteiger partial charge in [0.25, 0.3) is 5.79 Å². The van der Waals surface area contributed by atoms with Crippen molar-refractivity contribution in [3.05, 3.63) is 0 Å². The highest BCUT2D eigenvalue weighted by molar-refractivity contribution is 5.85. The lowest BCUT2D eigenvalue weighted by Crippen LogP contribution is -2.60. The number of ether oxygens (including phenoxy) is 6. The molecule has 0 aliphatic carbocycles. The summed E-state index contributed by atoms with van der Waals surface area (Å²) < 4.78 is 29.2. The van der Waals surface area contributed by atoms with Crippen LogP contribution in [0.5, 0.6) is 0 Å². The van der Waals surface area contributed by atoms with Crippen LogP contribution in [0, 0.1) is 0 Å². The highest BCUT2D eigenvalue weighted by Gasteiger charge is 2.68. The number of hydrogen-bond donors (Lipinski definition) is 1. The third-order valence-electron chi connectivity index (χ3n) is 3.25. The first-order valence-corrected chi connectivity index (χ1v) is 5.58. The van der Waals surface area contributed by atoms with Gasteiger partial charge in [-0.05, 0) is 0 Å². The molecule has 0 amide bonds. The Kier molecular flexibility index (Phi) is 5.05. The molecule has 0 radical (unpaired) electrons. The molecule has 0 unspecified atom stereocenters. The first kappa shape index (κ1) is 16.8. The normalized spacial score (nSPS) is 25.4. The number of rotatable bonds is 6. The van der Waals surface area contributed by atoms with Gasteiger partial charge in [-0.2, -0.15) is 0 Å². The summed E-state index contributed by atoms with van der Waals surface area (Å²) in [4.78, 5) is 23.7. The molecule has 1 N–H and O–H groups in total. The standard InChI is InChI=1S/C11H18O9/c1-15-8(13)11(18-4,19-5)7-6(12)10(16-2,17-3)9(14)20-7/h6-7,12H,1-5H3/t6-,7+/m1/s1. The lowest BCUT2D eigenvalue weighted by atomic mass is 10.00. The topological polar surface area (TPSA) is 110 Å². The second-order valence-electron chi connectivity index (χ2n) is 3.91. The van der Waals surface area contributed by atoms with Crippen LogP contribution < -0.4 is 0 Å². The smallest absolute Gasteiger partial charge is 0.370 e. The zero-order valence-corrected chi connectivity index (χ0v) is 11.9. The van der Waals surface area contributed by atoms with E-state index in [0.29, 0.717) is 0 Å². The van der Waals surface area contributed by atoms with Crippen molar-refractivity contribution in [1.29, 1.82) is 0 Å². The van der Waals surface area contributed by atoms with E-state index < -0.39 is 35.7 Å². The van der Waals surface area contributed by atoms with Crippen LogP contribution in [0.4, 0.5) is 0 Å². The van der Waals surface area contributed by atoms with Crippen LogP contribution >= 0.6 is 0 Å². The molecule has 116 valence electrons. The monoisotopic (exact) mass is 294 g/mol. The fraction of sp³-hybridized carbons (Fsp3) is 0.818. The van der Waals surface area contributed by atoms with Crippen LogP contribution in [0.1, 0.15) is 0 Å². The van der Waals surface area contributed by atoms with Gasteiger partial charge in [0.15, 0.2) is 12.2 Å². The number of carbonyl (C=O) groups is 2. The van der Waals surface area contributed by atoms with Crippen molar-refractivity contribution < 1.29 is 43.1 Å². The Balaban J connectivity index is 3.25. The largest absolute Gasteiger partial charge is 0.465 e. The minimum absolute atomic E-state index is 0.984. The van der Waals surface area contributed by atoms with Crippen molar-refractivity contribution in [2.45, 2.75) is 23.8 Å². The lowest BCUT2D eigenvalue weighted by molar-refractivity contribution is -0.281. The molecule has 0 aromatic carbocycles. The van der Waals surface area contributed by atoms with E-state index in [2.05, 4.69) is 4.74 Å². The summed E-state index contributed by atoms with van der Waals surface area (Å²) in [7, 11) is 5.67. The molecular weight excluding hydrogens is 276 g/mol. The number of aliphatic hydroxyl groups excluding tert-OH is 1. The molecule has 1 rings (SSSR count). The molecule has 9 nitrogen and oxygen atoms in total. The summed E-state index contributed by atoms with van der Waals surface area (Å²) in [5.41, 5.74) is 0. The Morgan fingerprint density at radius 2 is 1.70 bits per heavy atom. The van der Waals surface area contributed by atoms with Gasteiger partial charge in [-0.3, -0.25) is 0 Å². The quantitative estimate of drug-likeness (QED) is 0.458. The van der Waals surface area contributed by atoms with E-state index in [1.165, 1.54) is 0 Å². The maximum atomic E-state index is 11.9. The number of aliphatic hydroxyl groups is 1. The predicted molar refractivity (Wildman–Crippen MR) is 61.4 cm³/mol. The van der Waals surface area contributed by atoms with Crippen molar-refractivity contribution in [2.75, 3.05) is 35.5 Å². The molecule has 9 heteroatoms. The Labute approximate surface area is 115 Å². The molecule has 20 heavy (non-hydrogen) atoms. The second kappa shape index (κ2) is 6.02. The van der Waals surface area contributed by atoms with Crippen LogP contribution in [0.15, 0.2) is 0 Å². The van der Waals surface area contributed by atoms with Gasteiger partial charge >= 0.3 is 17.7 Å². The van der Waals surface area contributed by atoms with E-state index in [1.54, 1.807) is 0 Å². The first-order chi connectivity index (χ1) is 9.39. The maximum Gasteiger partial charge on any atom is 0.370 e. The molecule has 1 heterocycles. The van der Waals surface area contributed by atoms with Gasteiger partial charge in [-0.25, -0.2) is 9.59 Å². The Morgan fingerprint density at radius 3 is 2.00 bits per heavy atom. The predicted octanol–water partition coefficient (Wildman–Crippen LogP) is -1.58. The van der Waals surface area contributed by atoms with Crippen molar-refractivity contribution in [3.8, 4) is 0 Å². The third-order valence-corrected chi connectivity index (χ3v) is 3.25. The summed E-state index contributed by atoms with van der Waals surface area (Å²) in [5, 5.41) is 10.2. The summed E-state index contributed by atoms with van der Waals surface area (Å²) in [5.74, 6) is -6.20. The van der Waals surface area contributed by atoms with Crippen LogP contribution in [0.25, 0.3) is 0 Å². The van der Waals surface area contributed by atoms with Crippen LogP contribution in [-0.4, -0.2) is 76.4 Å². The number of esters is 2. The average molecular weight is 294 g/mol. The van der Waals surface area contributed by atoms with Gasteiger partial charge in [0, 0.05) is 28.4 Å². The first-order valence-electron chi connectivity index (χ1n) is 5.58. The van der Waals surface area contributed by atoms with Crippen molar-refractivity contribution in [3.63, 3.8) is 0 Å². The molecule has 0 bridgehead atoms. The summed E-state index contributed by atoms with van der Waals surface area (Å²) in [6, 6.07) is 0. The molecule has 1 aliphatic rings. The summed E-state index contributed by atoms with van der Waals surface area (Å²) in [6.07, 6.45) is -3.21. The van der Waals surface area contributed by atoms with E-state index in [1.807, 2.05) is 0 Å². The zero-order chi connectivity index (χ0) is 15.6. The highest BCUT2D eigenvalue weighted by Crippen LogP contribution is 2.37. The molecule has 0 saturated carbocycles. The lowest BCUT2D eigenvalue weighted by Gasteiger charge is -2.34.